The molecule has 0 aliphatic rings. The lowest BCUT2D eigenvalue weighted by Crippen LogP contribution is -2.26. The van der Waals surface area contributed by atoms with Crippen LogP contribution in [0.4, 0.5) is 0 Å². The van der Waals surface area contributed by atoms with E-state index in [4.69, 9.17) is 4.74 Å². The van der Waals surface area contributed by atoms with Crippen molar-refractivity contribution in [1.82, 2.24) is 9.88 Å². The Labute approximate surface area is 130 Å². The summed E-state index contributed by atoms with van der Waals surface area (Å²) in [5.41, 5.74) is 0.493. The lowest BCUT2D eigenvalue weighted by Gasteiger charge is -2.17. The molecule has 0 N–H and O–H groups in total. The van der Waals surface area contributed by atoms with Gasteiger partial charge >= 0.3 is 0 Å². The zero-order chi connectivity index (χ0) is 14.5. The molecule has 2 rings (SSSR count). The largest absolute Gasteiger partial charge is 0.477 e. The molecule has 6 heteroatoms. The summed E-state index contributed by atoms with van der Waals surface area (Å²) in [5.74, 6) is 0.297. The third kappa shape index (κ3) is 3.58. The summed E-state index contributed by atoms with van der Waals surface area (Å²) in [6.45, 7) is 2.92. The van der Waals surface area contributed by atoms with E-state index in [0.717, 1.165) is 8.66 Å². The molecule has 0 spiro atoms. The van der Waals surface area contributed by atoms with Crippen LogP contribution in [0.5, 0.6) is 5.88 Å². The number of rotatable bonds is 5. The number of amides is 1. The first kappa shape index (κ1) is 15.0. The molecule has 106 valence electrons. The number of pyridine rings is 1. The molecule has 1 amide bonds. The van der Waals surface area contributed by atoms with Gasteiger partial charge in [-0.05, 0) is 47.1 Å². The van der Waals surface area contributed by atoms with Gasteiger partial charge in [-0.2, -0.15) is 0 Å². The van der Waals surface area contributed by atoms with Gasteiger partial charge in [-0.15, -0.1) is 11.3 Å². The van der Waals surface area contributed by atoms with Crippen molar-refractivity contribution in [1.29, 1.82) is 0 Å². The minimum absolute atomic E-state index is 0.0916. The topological polar surface area (TPSA) is 42.4 Å². The first-order valence-corrected chi connectivity index (χ1v) is 7.80. The van der Waals surface area contributed by atoms with Crippen molar-refractivity contribution in [3.05, 3.63) is 44.7 Å². The van der Waals surface area contributed by atoms with Crippen molar-refractivity contribution in [2.75, 3.05) is 13.7 Å². The van der Waals surface area contributed by atoms with Crippen LogP contribution in [0.2, 0.25) is 0 Å². The lowest BCUT2D eigenvalue weighted by atomic mass is 10.2. The van der Waals surface area contributed by atoms with E-state index in [2.05, 4.69) is 20.9 Å². The Morgan fingerprint density at radius 1 is 1.45 bits per heavy atom. The molecule has 0 aliphatic carbocycles. The zero-order valence-corrected chi connectivity index (χ0v) is 13.7. The highest BCUT2D eigenvalue weighted by Gasteiger charge is 2.18. The third-order valence-corrected chi connectivity index (χ3v) is 4.26. The van der Waals surface area contributed by atoms with Gasteiger partial charge in [0, 0.05) is 18.1 Å². The molecule has 20 heavy (non-hydrogen) atoms. The number of ether oxygens (including phenoxy) is 1. The normalized spacial score (nSPS) is 10.3. The molecule has 2 aromatic rings. The maximum atomic E-state index is 12.5. The molecule has 0 aliphatic heterocycles. The highest BCUT2D eigenvalue weighted by Crippen LogP contribution is 2.24. The Morgan fingerprint density at radius 2 is 2.25 bits per heavy atom. The number of nitrogens with zero attached hydrogens (tertiary/aromatic N) is 2. The number of halogens is 1. The highest BCUT2D eigenvalue weighted by atomic mass is 79.9. The summed E-state index contributed by atoms with van der Waals surface area (Å²) in [7, 11) is 1.78. The van der Waals surface area contributed by atoms with Crippen LogP contribution in [0.25, 0.3) is 0 Å². The van der Waals surface area contributed by atoms with Crippen LogP contribution in [0, 0.1) is 0 Å². The first-order valence-electron chi connectivity index (χ1n) is 6.19. The average molecular weight is 355 g/mol. The Kier molecular flexibility index (Phi) is 5.14. The Balaban J connectivity index is 2.14. The molecular weight excluding hydrogens is 340 g/mol. The van der Waals surface area contributed by atoms with E-state index in [1.807, 2.05) is 19.1 Å². The molecule has 4 nitrogen and oxygen atoms in total. The number of carbonyl (C=O) groups excluding carboxylic acids is 1. The fourth-order valence-corrected chi connectivity index (χ4v) is 3.29. The van der Waals surface area contributed by atoms with Gasteiger partial charge in [0.15, 0.2) is 0 Å². The minimum Gasteiger partial charge on any atom is -0.477 e. The first-order chi connectivity index (χ1) is 9.61. The lowest BCUT2D eigenvalue weighted by molar-refractivity contribution is 0.0781. The van der Waals surface area contributed by atoms with E-state index >= 15 is 0 Å². The smallest absolute Gasteiger partial charge is 0.259 e. The molecule has 0 aromatic carbocycles. The van der Waals surface area contributed by atoms with Gasteiger partial charge < -0.3 is 9.64 Å². The van der Waals surface area contributed by atoms with Crippen LogP contribution >= 0.6 is 27.3 Å². The highest BCUT2D eigenvalue weighted by molar-refractivity contribution is 9.11. The van der Waals surface area contributed by atoms with E-state index < -0.39 is 0 Å². The van der Waals surface area contributed by atoms with Gasteiger partial charge in [0.2, 0.25) is 5.88 Å². The van der Waals surface area contributed by atoms with Gasteiger partial charge in [0.1, 0.15) is 5.56 Å². The minimum atomic E-state index is -0.0916. The van der Waals surface area contributed by atoms with Crippen LogP contribution < -0.4 is 4.74 Å². The molecule has 0 saturated carbocycles. The van der Waals surface area contributed by atoms with Crippen molar-refractivity contribution in [2.45, 2.75) is 13.5 Å². The van der Waals surface area contributed by atoms with Crippen molar-refractivity contribution in [2.24, 2.45) is 0 Å². The molecule has 0 fully saturated rings. The molecule has 0 saturated heterocycles. The molecule has 2 aromatic heterocycles. The van der Waals surface area contributed by atoms with Gasteiger partial charge in [-0.3, -0.25) is 4.79 Å². The van der Waals surface area contributed by atoms with Gasteiger partial charge in [-0.1, -0.05) is 0 Å². The Bertz CT molecular complexity index is 600. The molecule has 0 radical (unpaired) electrons. The van der Waals surface area contributed by atoms with Gasteiger partial charge in [0.25, 0.3) is 5.91 Å². The molecular formula is C14H15BrN2O2S. The van der Waals surface area contributed by atoms with Gasteiger partial charge in [0.05, 0.1) is 16.9 Å². The Hall–Kier alpha value is -1.40. The molecule has 2 heterocycles. The van der Waals surface area contributed by atoms with Crippen molar-refractivity contribution < 1.29 is 9.53 Å². The van der Waals surface area contributed by atoms with Crippen LogP contribution in [0.3, 0.4) is 0 Å². The van der Waals surface area contributed by atoms with E-state index in [1.165, 1.54) is 0 Å². The fraction of sp³-hybridized carbons (Fsp3) is 0.286. The SMILES string of the molecule is CCOc1ncccc1C(=O)N(C)Cc1ccc(Br)s1. The second kappa shape index (κ2) is 6.85. The monoisotopic (exact) mass is 354 g/mol. The van der Waals surface area contributed by atoms with Crippen LogP contribution in [-0.4, -0.2) is 29.4 Å². The summed E-state index contributed by atoms with van der Waals surface area (Å²) in [6, 6.07) is 7.46. The standard InChI is InChI=1S/C14H15BrN2O2S/c1-3-19-13-11(5-4-8-16-13)14(18)17(2)9-10-6-7-12(15)20-10/h4-8H,3,9H2,1-2H3. The summed E-state index contributed by atoms with van der Waals surface area (Å²) in [6.07, 6.45) is 1.62. The van der Waals surface area contributed by atoms with Crippen LogP contribution in [0.15, 0.2) is 34.2 Å². The quantitative estimate of drug-likeness (QED) is 0.823. The number of carbonyl (C=O) groups is 1. The summed E-state index contributed by atoms with van der Waals surface area (Å²) >= 11 is 5.04. The molecule has 0 bridgehead atoms. The average Bonchev–Trinajstić information content (AvgIpc) is 2.84. The predicted molar refractivity (Wildman–Crippen MR) is 83.2 cm³/mol. The van der Waals surface area contributed by atoms with Crippen molar-refractivity contribution in [3.8, 4) is 5.88 Å². The Morgan fingerprint density at radius 3 is 2.90 bits per heavy atom. The molecule has 0 atom stereocenters. The van der Waals surface area contributed by atoms with Crippen molar-refractivity contribution >= 4 is 33.2 Å². The maximum absolute atomic E-state index is 12.5. The fourth-order valence-electron chi connectivity index (χ4n) is 1.75. The number of hydrogen-bond acceptors (Lipinski definition) is 4. The summed E-state index contributed by atoms with van der Waals surface area (Å²) in [4.78, 5) is 19.3. The maximum Gasteiger partial charge on any atom is 0.259 e. The van der Waals surface area contributed by atoms with Gasteiger partial charge in [-0.25, -0.2) is 4.98 Å². The summed E-state index contributed by atoms with van der Waals surface area (Å²) < 4.78 is 6.46. The number of hydrogen-bond donors (Lipinski definition) is 0. The second-order valence-electron chi connectivity index (χ2n) is 4.16. The number of thiophene rings is 1. The third-order valence-electron chi connectivity index (χ3n) is 2.65. The van der Waals surface area contributed by atoms with E-state index in [-0.39, 0.29) is 5.91 Å². The second-order valence-corrected chi connectivity index (χ2v) is 6.70. The zero-order valence-electron chi connectivity index (χ0n) is 11.3. The van der Waals surface area contributed by atoms with Crippen LogP contribution in [-0.2, 0) is 6.54 Å². The van der Waals surface area contributed by atoms with Crippen LogP contribution in [0.1, 0.15) is 22.2 Å². The molecule has 0 unspecified atom stereocenters. The predicted octanol–water partition coefficient (Wildman–Crippen LogP) is 3.58. The van der Waals surface area contributed by atoms with E-state index in [0.29, 0.717) is 24.6 Å². The van der Waals surface area contributed by atoms with E-state index in [1.54, 1.807) is 41.6 Å². The summed E-state index contributed by atoms with van der Waals surface area (Å²) in [5, 5.41) is 0. The van der Waals surface area contributed by atoms with E-state index in [9.17, 15) is 4.79 Å². The number of aromatic nitrogens is 1. The van der Waals surface area contributed by atoms with Crippen molar-refractivity contribution in [3.63, 3.8) is 0 Å².